The topological polar surface area (TPSA) is 3.01 Å². The highest BCUT2D eigenvalue weighted by atomic mass is 19.1. The number of hydrogen-bond acceptors (Lipinski definition) is 0. The lowest BCUT2D eigenvalue weighted by molar-refractivity contribution is -0.394. The van der Waals surface area contributed by atoms with Crippen LogP contribution in [0, 0.1) is 5.82 Å². The minimum Gasteiger partial charge on any atom is -0.208 e. The van der Waals surface area contributed by atoms with Crippen LogP contribution in [-0.4, -0.2) is 18.3 Å². The van der Waals surface area contributed by atoms with Gasteiger partial charge in [-0.05, 0) is 6.07 Å². The Balaban J connectivity index is 3.07. The van der Waals surface area contributed by atoms with E-state index < -0.39 is 0 Å². The molecule has 0 saturated carbocycles. The summed E-state index contributed by atoms with van der Waals surface area (Å²) in [7, 11) is 1.77. The van der Waals surface area contributed by atoms with Gasteiger partial charge in [0.25, 0.3) is 0 Å². The van der Waals surface area contributed by atoms with Crippen LogP contribution in [0.5, 0.6) is 0 Å². The molecule has 0 saturated heterocycles. The molecule has 52 valence electrons. The second-order valence-corrected chi connectivity index (χ2v) is 2.18. The molecule has 1 aromatic rings. The van der Waals surface area contributed by atoms with Crippen molar-refractivity contribution in [3.05, 3.63) is 30.1 Å². The van der Waals surface area contributed by atoms with E-state index in [-0.39, 0.29) is 5.82 Å². The van der Waals surface area contributed by atoms with E-state index in [0.717, 1.165) is 5.69 Å². The Morgan fingerprint density at radius 1 is 1.50 bits per heavy atom. The molecule has 0 fully saturated rings. The summed E-state index contributed by atoms with van der Waals surface area (Å²) < 4.78 is 14.1. The van der Waals surface area contributed by atoms with Gasteiger partial charge < -0.3 is 0 Å². The van der Waals surface area contributed by atoms with Crippen molar-refractivity contribution in [1.29, 1.82) is 0 Å². The summed E-state index contributed by atoms with van der Waals surface area (Å²) in [6, 6.07) is 6.31. The Kier molecular flexibility index (Phi) is 1.81. The highest BCUT2D eigenvalue weighted by Crippen LogP contribution is 2.09. The van der Waals surface area contributed by atoms with E-state index in [1.54, 1.807) is 23.8 Å². The largest absolute Gasteiger partial charge is 0.208 e. The Labute approximate surface area is 59.4 Å². The Hall–Kier alpha value is -1.18. The van der Waals surface area contributed by atoms with E-state index in [1.807, 2.05) is 0 Å². The highest BCUT2D eigenvalue weighted by molar-refractivity contribution is 5.33. The Bertz CT molecular complexity index is 255. The van der Waals surface area contributed by atoms with Crippen LogP contribution in [0.2, 0.25) is 0 Å². The van der Waals surface area contributed by atoms with E-state index in [1.165, 1.54) is 12.1 Å². The van der Waals surface area contributed by atoms with Crippen molar-refractivity contribution in [1.82, 2.24) is 0 Å². The third-order valence-electron chi connectivity index (χ3n) is 1.25. The summed E-state index contributed by atoms with van der Waals surface area (Å²) in [6.07, 6.45) is 0. The zero-order valence-electron chi connectivity index (χ0n) is 5.84. The molecular weight excluding hydrogens is 129 g/mol. The van der Waals surface area contributed by atoms with Crippen LogP contribution < -0.4 is 0 Å². The second kappa shape index (κ2) is 2.60. The molecule has 0 radical (unpaired) electrons. The maximum atomic E-state index is 12.5. The first-order valence-electron chi connectivity index (χ1n) is 3.00. The first-order chi connectivity index (χ1) is 4.70. The quantitative estimate of drug-likeness (QED) is 0.411. The van der Waals surface area contributed by atoms with Gasteiger partial charge in [-0.15, -0.1) is 0 Å². The van der Waals surface area contributed by atoms with Crippen LogP contribution in [0.4, 0.5) is 10.1 Å². The molecule has 0 atom stereocenters. The van der Waals surface area contributed by atoms with E-state index in [0.29, 0.717) is 0 Å². The van der Waals surface area contributed by atoms with Gasteiger partial charge in [-0.2, -0.15) is 0 Å². The van der Waals surface area contributed by atoms with Gasteiger partial charge in [-0.25, -0.2) is 8.97 Å². The van der Waals surface area contributed by atoms with Crippen LogP contribution >= 0.6 is 0 Å². The van der Waals surface area contributed by atoms with Crippen LogP contribution in [0.3, 0.4) is 0 Å². The molecule has 0 aliphatic heterocycles. The molecule has 0 bridgehead atoms. The lowest BCUT2D eigenvalue weighted by Crippen LogP contribution is -1.91. The first kappa shape index (κ1) is 6.93. The van der Waals surface area contributed by atoms with Gasteiger partial charge in [0.15, 0.2) is 0 Å². The average molecular weight is 138 g/mol. The van der Waals surface area contributed by atoms with Crippen LogP contribution in [0.15, 0.2) is 24.3 Å². The zero-order valence-corrected chi connectivity index (χ0v) is 5.84. The van der Waals surface area contributed by atoms with Crippen LogP contribution in [0.1, 0.15) is 0 Å². The third kappa shape index (κ3) is 1.41. The van der Waals surface area contributed by atoms with E-state index in [4.69, 9.17) is 0 Å². The smallest absolute Gasteiger partial charge is 0.207 e. The molecule has 1 nitrogen and oxygen atoms in total. The summed E-state index contributed by atoms with van der Waals surface area (Å²) >= 11 is 0. The molecule has 0 heterocycles. The van der Waals surface area contributed by atoms with Crippen molar-refractivity contribution in [2.75, 3.05) is 7.05 Å². The standard InChI is InChI=1S/C8H9FN/c1-10(2)8-5-3-4-7(9)6-8/h3-6H,1H2,2H3/q+1. The molecule has 0 N–H and O–H groups in total. The van der Waals surface area contributed by atoms with Crippen molar-refractivity contribution in [2.24, 2.45) is 0 Å². The van der Waals surface area contributed by atoms with Gasteiger partial charge >= 0.3 is 0 Å². The van der Waals surface area contributed by atoms with Gasteiger partial charge in [0, 0.05) is 12.1 Å². The predicted octanol–water partition coefficient (Wildman–Crippen LogP) is 1.80. The van der Waals surface area contributed by atoms with Gasteiger partial charge in [0.1, 0.15) is 19.6 Å². The fourth-order valence-electron chi connectivity index (χ4n) is 0.714. The molecule has 1 aromatic carbocycles. The third-order valence-corrected chi connectivity index (χ3v) is 1.25. The lowest BCUT2D eigenvalue weighted by Gasteiger charge is -1.91. The van der Waals surface area contributed by atoms with E-state index >= 15 is 0 Å². The minimum atomic E-state index is -0.229. The Morgan fingerprint density at radius 3 is 2.60 bits per heavy atom. The monoisotopic (exact) mass is 138 g/mol. The zero-order chi connectivity index (χ0) is 7.56. The molecule has 0 aliphatic rings. The second-order valence-electron chi connectivity index (χ2n) is 2.18. The van der Waals surface area contributed by atoms with Crippen molar-refractivity contribution in [3.63, 3.8) is 0 Å². The predicted molar refractivity (Wildman–Crippen MR) is 39.4 cm³/mol. The molecule has 0 spiro atoms. The van der Waals surface area contributed by atoms with E-state index in [2.05, 4.69) is 6.72 Å². The van der Waals surface area contributed by atoms with Crippen molar-refractivity contribution in [2.45, 2.75) is 0 Å². The van der Waals surface area contributed by atoms with Gasteiger partial charge in [0.05, 0.1) is 0 Å². The molecule has 0 unspecified atom stereocenters. The molecule has 1 rings (SSSR count). The summed E-state index contributed by atoms with van der Waals surface area (Å²) in [5.74, 6) is -0.229. The molecular formula is C8H9FN+. The maximum Gasteiger partial charge on any atom is 0.207 e. The summed E-state index contributed by atoms with van der Waals surface area (Å²) in [4.78, 5) is 0. The van der Waals surface area contributed by atoms with Crippen molar-refractivity contribution >= 4 is 12.4 Å². The van der Waals surface area contributed by atoms with Gasteiger partial charge in [0.2, 0.25) is 5.69 Å². The number of halogens is 1. The highest BCUT2D eigenvalue weighted by Gasteiger charge is 1.99. The normalized spacial score (nSPS) is 9.40. The number of benzene rings is 1. The van der Waals surface area contributed by atoms with Crippen molar-refractivity contribution < 1.29 is 8.97 Å². The fraction of sp³-hybridized carbons (Fsp3) is 0.125. The van der Waals surface area contributed by atoms with Gasteiger partial charge in [-0.3, -0.25) is 0 Å². The number of hydrogen-bond donors (Lipinski definition) is 0. The minimum absolute atomic E-state index is 0.229. The molecule has 2 heteroatoms. The molecule has 0 aromatic heterocycles. The number of nitrogens with zero attached hydrogens (tertiary/aromatic N) is 1. The molecule has 0 amide bonds. The number of rotatable bonds is 1. The van der Waals surface area contributed by atoms with Crippen molar-refractivity contribution in [3.8, 4) is 0 Å². The fourth-order valence-corrected chi connectivity index (χ4v) is 0.714. The first-order valence-corrected chi connectivity index (χ1v) is 3.00. The lowest BCUT2D eigenvalue weighted by atomic mass is 10.3. The van der Waals surface area contributed by atoms with Crippen LogP contribution in [-0.2, 0) is 0 Å². The summed E-state index contributed by atoms with van der Waals surface area (Å²) in [6.45, 7) is 3.62. The SMILES string of the molecule is C=[N+](C)c1cccc(F)c1. The molecule has 10 heavy (non-hydrogen) atoms. The molecule has 0 aliphatic carbocycles. The average Bonchev–Trinajstić information content (AvgIpc) is 1.88. The maximum absolute atomic E-state index is 12.5. The van der Waals surface area contributed by atoms with Crippen LogP contribution in [0.25, 0.3) is 0 Å². The van der Waals surface area contributed by atoms with E-state index in [9.17, 15) is 4.39 Å². The van der Waals surface area contributed by atoms with Gasteiger partial charge in [-0.1, -0.05) is 6.07 Å². The Morgan fingerprint density at radius 2 is 2.20 bits per heavy atom. The summed E-state index contributed by atoms with van der Waals surface area (Å²) in [5.41, 5.74) is 0.778. The summed E-state index contributed by atoms with van der Waals surface area (Å²) in [5, 5.41) is 0.